The van der Waals surface area contributed by atoms with E-state index in [4.69, 9.17) is 5.73 Å². The molecule has 3 N–H and O–H groups in total. The summed E-state index contributed by atoms with van der Waals surface area (Å²) in [5, 5.41) is 2.99. The molecule has 0 bridgehead atoms. The van der Waals surface area contributed by atoms with E-state index in [1.807, 2.05) is 0 Å². The number of carbonyl (C=O) groups excluding carboxylic acids is 1. The van der Waals surface area contributed by atoms with Gasteiger partial charge >= 0.3 is 6.18 Å². The first-order valence-corrected chi connectivity index (χ1v) is 7.73. The van der Waals surface area contributed by atoms with E-state index < -0.39 is 17.6 Å². The lowest BCUT2D eigenvalue weighted by Crippen LogP contribution is -2.27. The van der Waals surface area contributed by atoms with Crippen LogP contribution < -0.4 is 11.1 Å². The summed E-state index contributed by atoms with van der Waals surface area (Å²) in [5.41, 5.74) is 5.82. The van der Waals surface area contributed by atoms with Crippen LogP contribution in [0.3, 0.4) is 0 Å². The standard InChI is InChI=1S/C14H13F3N4OS/c15-14(16,17)7-1-3-10(19-6-7)12(22)21-13-20-9-4-2-8(18)5-11(9)23-13/h1,3,6,8H,2,4-5,18H2,(H,20,21,22)/t8-/m0/s1. The second-order valence-corrected chi connectivity index (χ2v) is 6.36. The number of nitrogens with zero attached hydrogens (tertiary/aromatic N) is 2. The summed E-state index contributed by atoms with van der Waals surface area (Å²) in [6.45, 7) is 0. The van der Waals surface area contributed by atoms with Crippen LogP contribution in [0, 0.1) is 0 Å². The zero-order valence-corrected chi connectivity index (χ0v) is 12.7. The maximum atomic E-state index is 12.5. The molecule has 5 nitrogen and oxygen atoms in total. The zero-order chi connectivity index (χ0) is 16.6. The van der Waals surface area contributed by atoms with Crippen LogP contribution >= 0.6 is 11.3 Å². The average molecular weight is 342 g/mol. The number of rotatable bonds is 2. The minimum atomic E-state index is -4.48. The molecule has 122 valence electrons. The highest BCUT2D eigenvalue weighted by atomic mass is 32.1. The van der Waals surface area contributed by atoms with Crippen molar-refractivity contribution >= 4 is 22.4 Å². The second kappa shape index (κ2) is 5.89. The van der Waals surface area contributed by atoms with Crippen molar-refractivity contribution in [1.82, 2.24) is 9.97 Å². The molecule has 1 amide bonds. The lowest BCUT2D eigenvalue weighted by atomic mass is 9.99. The van der Waals surface area contributed by atoms with Crippen LogP contribution in [0.25, 0.3) is 0 Å². The first-order valence-electron chi connectivity index (χ1n) is 6.91. The number of halogens is 3. The molecule has 0 spiro atoms. The Balaban J connectivity index is 1.72. The van der Waals surface area contributed by atoms with Crippen molar-refractivity contribution in [2.75, 3.05) is 5.32 Å². The van der Waals surface area contributed by atoms with Crippen molar-refractivity contribution < 1.29 is 18.0 Å². The minimum Gasteiger partial charge on any atom is -0.327 e. The van der Waals surface area contributed by atoms with Gasteiger partial charge in [-0.25, -0.2) is 4.98 Å². The molecule has 0 saturated carbocycles. The van der Waals surface area contributed by atoms with Crippen LogP contribution in [0.5, 0.6) is 0 Å². The third kappa shape index (κ3) is 3.50. The number of nitrogens with two attached hydrogens (primary N) is 1. The molecular formula is C14H13F3N4OS. The Morgan fingerprint density at radius 1 is 1.39 bits per heavy atom. The van der Waals surface area contributed by atoms with Crippen LogP contribution in [0.4, 0.5) is 18.3 Å². The summed E-state index contributed by atoms with van der Waals surface area (Å²) in [6.07, 6.45) is -1.50. The molecule has 0 saturated heterocycles. The van der Waals surface area contributed by atoms with Gasteiger partial charge in [-0.15, -0.1) is 11.3 Å². The summed E-state index contributed by atoms with van der Waals surface area (Å²) in [4.78, 5) is 21.0. The SMILES string of the molecule is N[C@H]1CCc2nc(NC(=O)c3ccc(C(F)(F)F)cn3)sc2C1. The molecule has 2 aromatic rings. The van der Waals surface area contributed by atoms with Gasteiger partial charge in [-0.05, 0) is 31.4 Å². The van der Waals surface area contributed by atoms with Crippen molar-refractivity contribution in [3.63, 3.8) is 0 Å². The molecule has 1 atom stereocenters. The van der Waals surface area contributed by atoms with Gasteiger partial charge in [-0.3, -0.25) is 15.1 Å². The fourth-order valence-corrected chi connectivity index (χ4v) is 3.41. The molecule has 9 heteroatoms. The van der Waals surface area contributed by atoms with Crippen LogP contribution in [0.2, 0.25) is 0 Å². The van der Waals surface area contributed by atoms with Crippen LogP contribution in [0.1, 0.15) is 33.0 Å². The zero-order valence-electron chi connectivity index (χ0n) is 11.9. The van der Waals surface area contributed by atoms with Gasteiger partial charge in [0, 0.05) is 17.1 Å². The predicted molar refractivity (Wildman–Crippen MR) is 79.3 cm³/mol. The van der Waals surface area contributed by atoms with Crippen molar-refractivity contribution in [1.29, 1.82) is 0 Å². The number of carbonyl (C=O) groups is 1. The Kier molecular flexibility index (Phi) is 4.07. The van der Waals surface area contributed by atoms with E-state index >= 15 is 0 Å². The fourth-order valence-electron chi connectivity index (χ4n) is 2.31. The van der Waals surface area contributed by atoms with E-state index in [1.54, 1.807) is 0 Å². The molecule has 0 unspecified atom stereocenters. The van der Waals surface area contributed by atoms with Crippen molar-refractivity contribution in [3.05, 3.63) is 40.2 Å². The number of hydrogen-bond donors (Lipinski definition) is 2. The van der Waals surface area contributed by atoms with E-state index in [0.717, 1.165) is 42.0 Å². The van der Waals surface area contributed by atoms with Crippen LogP contribution in [-0.2, 0) is 19.0 Å². The molecule has 23 heavy (non-hydrogen) atoms. The number of nitrogens with one attached hydrogen (secondary N) is 1. The molecule has 0 radical (unpaired) electrons. The number of hydrogen-bond acceptors (Lipinski definition) is 5. The average Bonchev–Trinajstić information content (AvgIpc) is 2.87. The first kappa shape index (κ1) is 15.9. The first-order chi connectivity index (χ1) is 10.8. The Labute approximate surface area is 133 Å². The summed E-state index contributed by atoms with van der Waals surface area (Å²) in [5.74, 6) is -0.589. The monoisotopic (exact) mass is 342 g/mol. The van der Waals surface area contributed by atoms with Gasteiger partial charge in [-0.2, -0.15) is 13.2 Å². The van der Waals surface area contributed by atoms with Gasteiger partial charge in [-0.1, -0.05) is 0 Å². The number of thiazole rings is 1. The van der Waals surface area contributed by atoms with E-state index in [0.29, 0.717) is 11.3 Å². The summed E-state index contributed by atoms with van der Waals surface area (Å²) in [7, 11) is 0. The smallest absolute Gasteiger partial charge is 0.327 e. The molecule has 2 heterocycles. The van der Waals surface area contributed by atoms with E-state index in [2.05, 4.69) is 15.3 Å². The number of alkyl halides is 3. The topological polar surface area (TPSA) is 80.9 Å². The van der Waals surface area contributed by atoms with E-state index in [-0.39, 0.29) is 11.7 Å². The fraction of sp³-hybridized carbons (Fsp3) is 0.357. The third-order valence-electron chi connectivity index (χ3n) is 3.52. The normalized spacial score (nSPS) is 17.7. The van der Waals surface area contributed by atoms with Gasteiger partial charge < -0.3 is 5.73 Å². The molecule has 1 aliphatic carbocycles. The summed E-state index contributed by atoms with van der Waals surface area (Å²) < 4.78 is 37.4. The summed E-state index contributed by atoms with van der Waals surface area (Å²) in [6, 6.07) is 1.97. The second-order valence-electron chi connectivity index (χ2n) is 5.28. The van der Waals surface area contributed by atoms with Gasteiger partial charge in [0.15, 0.2) is 5.13 Å². The van der Waals surface area contributed by atoms with Gasteiger partial charge in [0.05, 0.1) is 11.3 Å². The predicted octanol–water partition coefficient (Wildman–Crippen LogP) is 2.63. The Bertz CT molecular complexity index is 727. The number of aromatic nitrogens is 2. The molecule has 0 fully saturated rings. The quantitative estimate of drug-likeness (QED) is 0.879. The molecule has 1 aliphatic rings. The lowest BCUT2D eigenvalue weighted by molar-refractivity contribution is -0.137. The molecular weight excluding hydrogens is 329 g/mol. The number of anilines is 1. The third-order valence-corrected chi connectivity index (χ3v) is 4.56. The van der Waals surface area contributed by atoms with Crippen LogP contribution in [0.15, 0.2) is 18.3 Å². The number of amides is 1. The van der Waals surface area contributed by atoms with Gasteiger partial charge in [0.25, 0.3) is 5.91 Å². The van der Waals surface area contributed by atoms with Gasteiger partial charge in [0.2, 0.25) is 0 Å². The van der Waals surface area contributed by atoms with Crippen molar-refractivity contribution in [2.24, 2.45) is 5.73 Å². The van der Waals surface area contributed by atoms with Crippen molar-refractivity contribution in [3.8, 4) is 0 Å². The Hall–Kier alpha value is -2.00. The highest BCUT2D eigenvalue weighted by Gasteiger charge is 2.31. The largest absolute Gasteiger partial charge is 0.417 e. The maximum absolute atomic E-state index is 12.5. The van der Waals surface area contributed by atoms with Gasteiger partial charge in [0.1, 0.15) is 5.69 Å². The lowest BCUT2D eigenvalue weighted by Gasteiger charge is -2.15. The highest BCUT2D eigenvalue weighted by Crippen LogP contribution is 2.30. The molecule has 0 aliphatic heterocycles. The highest BCUT2D eigenvalue weighted by molar-refractivity contribution is 7.15. The number of fused-ring (bicyclic) bond motifs is 1. The van der Waals surface area contributed by atoms with Crippen LogP contribution in [-0.4, -0.2) is 21.9 Å². The molecule has 2 aromatic heterocycles. The van der Waals surface area contributed by atoms with Crippen molar-refractivity contribution in [2.45, 2.75) is 31.5 Å². The number of pyridine rings is 1. The Morgan fingerprint density at radius 3 is 2.83 bits per heavy atom. The van der Waals surface area contributed by atoms with E-state index in [1.165, 1.54) is 11.3 Å². The summed E-state index contributed by atoms with van der Waals surface area (Å²) >= 11 is 1.34. The molecule has 0 aromatic carbocycles. The Morgan fingerprint density at radius 2 is 2.17 bits per heavy atom. The maximum Gasteiger partial charge on any atom is 0.417 e. The molecule has 3 rings (SSSR count). The minimum absolute atomic E-state index is 0.0946. The van der Waals surface area contributed by atoms with E-state index in [9.17, 15) is 18.0 Å². The number of aryl methyl sites for hydroxylation is 1.